The number of nitrogens with zero attached hydrogens (tertiary/aromatic N) is 1. The van der Waals surface area contributed by atoms with Gasteiger partial charge < -0.3 is 4.90 Å². The summed E-state index contributed by atoms with van der Waals surface area (Å²) in [6.45, 7) is 1.27. The highest BCUT2D eigenvalue weighted by Gasteiger charge is 2.16. The maximum Gasteiger partial charge on any atom is 0.294 e. The quantitative estimate of drug-likeness (QED) is 0.765. The van der Waals surface area contributed by atoms with Gasteiger partial charge in [0, 0.05) is 23.8 Å². The van der Waals surface area contributed by atoms with Crippen molar-refractivity contribution in [2.24, 2.45) is 0 Å². The molecule has 13 heavy (non-hydrogen) atoms. The first kappa shape index (κ1) is 10.4. The van der Waals surface area contributed by atoms with Gasteiger partial charge in [0.25, 0.3) is 5.91 Å². The number of halogens is 1. The fraction of sp³-hybridized carbons (Fsp3) is 0.250. The SMILES string of the molecule is CC(=O)C(=O)N(C)c1cc(Br)cs1. The summed E-state index contributed by atoms with van der Waals surface area (Å²) in [5.41, 5.74) is 0. The first-order valence-electron chi connectivity index (χ1n) is 3.55. The molecule has 5 heteroatoms. The lowest BCUT2D eigenvalue weighted by Gasteiger charge is -2.11. The van der Waals surface area contributed by atoms with Crippen molar-refractivity contribution in [3.63, 3.8) is 0 Å². The number of anilines is 1. The molecule has 0 aromatic carbocycles. The van der Waals surface area contributed by atoms with E-state index in [1.165, 1.54) is 23.2 Å². The second-order valence-electron chi connectivity index (χ2n) is 2.52. The van der Waals surface area contributed by atoms with E-state index in [0.29, 0.717) is 0 Å². The summed E-state index contributed by atoms with van der Waals surface area (Å²) >= 11 is 4.68. The Balaban J connectivity index is 2.85. The minimum atomic E-state index is -0.491. The fourth-order valence-electron chi connectivity index (χ4n) is 0.815. The molecule has 0 saturated carbocycles. The molecule has 1 amide bonds. The number of carbonyl (C=O) groups excluding carboxylic acids is 2. The summed E-state index contributed by atoms with van der Waals surface area (Å²) in [6, 6.07) is 1.80. The van der Waals surface area contributed by atoms with Crippen LogP contribution in [0.25, 0.3) is 0 Å². The van der Waals surface area contributed by atoms with E-state index in [1.807, 2.05) is 5.38 Å². The van der Waals surface area contributed by atoms with Crippen LogP contribution >= 0.6 is 27.3 Å². The van der Waals surface area contributed by atoms with Crippen LogP contribution in [0, 0.1) is 0 Å². The number of likely N-dealkylation sites (N-methyl/N-ethyl adjacent to an activating group) is 1. The van der Waals surface area contributed by atoms with E-state index in [0.717, 1.165) is 9.47 Å². The molecule has 0 N–H and O–H groups in total. The summed E-state index contributed by atoms with van der Waals surface area (Å²) in [6.07, 6.45) is 0. The molecule has 1 aromatic rings. The van der Waals surface area contributed by atoms with Crippen molar-refractivity contribution in [1.82, 2.24) is 0 Å². The predicted octanol–water partition coefficient (Wildman–Crippen LogP) is 2.06. The Labute approximate surface area is 88.5 Å². The lowest BCUT2D eigenvalue weighted by molar-refractivity contribution is -0.134. The lowest BCUT2D eigenvalue weighted by atomic mass is 10.4. The van der Waals surface area contributed by atoms with Gasteiger partial charge in [-0.1, -0.05) is 0 Å². The van der Waals surface area contributed by atoms with Gasteiger partial charge in [-0.25, -0.2) is 0 Å². The third kappa shape index (κ3) is 2.38. The van der Waals surface area contributed by atoms with Crippen molar-refractivity contribution in [1.29, 1.82) is 0 Å². The van der Waals surface area contributed by atoms with Gasteiger partial charge in [0.15, 0.2) is 0 Å². The van der Waals surface area contributed by atoms with Crippen LogP contribution in [0.5, 0.6) is 0 Å². The van der Waals surface area contributed by atoms with E-state index in [2.05, 4.69) is 15.9 Å². The zero-order valence-corrected chi connectivity index (χ0v) is 9.61. The molecule has 0 atom stereocenters. The minimum Gasteiger partial charge on any atom is -0.300 e. The fourth-order valence-corrected chi connectivity index (χ4v) is 2.20. The Morgan fingerprint density at radius 3 is 2.54 bits per heavy atom. The van der Waals surface area contributed by atoms with Crippen LogP contribution in [0.3, 0.4) is 0 Å². The highest BCUT2D eigenvalue weighted by atomic mass is 79.9. The molecular formula is C8H8BrNO2S. The predicted molar refractivity (Wildman–Crippen MR) is 56.1 cm³/mol. The van der Waals surface area contributed by atoms with Gasteiger partial charge >= 0.3 is 0 Å². The number of hydrogen-bond donors (Lipinski definition) is 0. The van der Waals surface area contributed by atoms with Gasteiger partial charge in [-0.15, -0.1) is 11.3 Å². The van der Waals surface area contributed by atoms with Crippen LogP contribution in [-0.4, -0.2) is 18.7 Å². The highest BCUT2D eigenvalue weighted by Crippen LogP contribution is 2.27. The standard InChI is InChI=1S/C8H8BrNO2S/c1-5(11)8(12)10(2)7-3-6(9)4-13-7/h3-4H,1-2H3. The summed E-state index contributed by atoms with van der Waals surface area (Å²) in [5.74, 6) is -0.943. The molecule has 1 heterocycles. The molecule has 3 nitrogen and oxygen atoms in total. The summed E-state index contributed by atoms with van der Waals surface area (Å²) < 4.78 is 0.913. The molecule has 0 spiro atoms. The van der Waals surface area contributed by atoms with Gasteiger partial charge in [0.1, 0.15) is 0 Å². The Morgan fingerprint density at radius 1 is 1.54 bits per heavy atom. The number of rotatable bonds is 2. The minimum absolute atomic E-state index is 0.452. The van der Waals surface area contributed by atoms with Crippen LogP contribution in [-0.2, 0) is 9.59 Å². The van der Waals surface area contributed by atoms with Crippen LogP contribution in [0.1, 0.15) is 6.92 Å². The summed E-state index contributed by atoms with van der Waals surface area (Å²) in [5, 5.41) is 2.62. The highest BCUT2D eigenvalue weighted by molar-refractivity contribution is 9.10. The molecule has 0 saturated heterocycles. The monoisotopic (exact) mass is 261 g/mol. The lowest BCUT2D eigenvalue weighted by Crippen LogP contribution is -2.30. The van der Waals surface area contributed by atoms with E-state index in [4.69, 9.17) is 0 Å². The zero-order valence-electron chi connectivity index (χ0n) is 7.20. The average molecular weight is 262 g/mol. The number of ketones is 1. The smallest absolute Gasteiger partial charge is 0.294 e. The van der Waals surface area contributed by atoms with Crippen LogP contribution in [0.15, 0.2) is 15.9 Å². The van der Waals surface area contributed by atoms with Crippen molar-refractivity contribution >= 4 is 44.0 Å². The summed E-state index contributed by atoms with van der Waals surface area (Å²) in [7, 11) is 1.59. The molecule has 70 valence electrons. The van der Waals surface area contributed by atoms with E-state index in [9.17, 15) is 9.59 Å². The maximum absolute atomic E-state index is 11.2. The molecular weight excluding hydrogens is 254 g/mol. The van der Waals surface area contributed by atoms with E-state index >= 15 is 0 Å². The second-order valence-corrected chi connectivity index (χ2v) is 4.33. The van der Waals surface area contributed by atoms with Crippen molar-refractivity contribution in [3.05, 3.63) is 15.9 Å². The van der Waals surface area contributed by atoms with Crippen molar-refractivity contribution in [3.8, 4) is 0 Å². The second kappa shape index (κ2) is 4.02. The van der Waals surface area contributed by atoms with E-state index < -0.39 is 11.7 Å². The third-order valence-electron chi connectivity index (χ3n) is 1.49. The molecule has 0 radical (unpaired) electrons. The Morgan fingerprint density at radius 2 is 2.15 bits per heavy atom. The van der Waals surface area contributed by atoms with Crippen LogP contribution < -0.4 is 4.90 Å². The number of amides is 1. The molecule has 0 unspecified atom stereocenters. The Kier molecular flexibility index (Phi) is 3.22. The van der Waals surface area contributed by atoms with Gasteiger partial charge in [-0.05, 0) is 22.0 Å². The van der Waals surface area contributed by atoms with Gasteiger partial charge in [-0.2, -0.15) is 0 Å². The first-order valence-corrected chi connectivity index (χ1v) is 5.22. The van der Waals surface area contributed by atoms with Gasteiger partial charge in [-0.3, -0.25) is 9.59 Å². The topological polar surface area (TPSA) is 37.4 Å². The van der Waals surface area contributed by atoms with E-state index in [1.54, 1.807) is 13.1 Å². The number of carbonyl (C=O) groups is 2. The van der Waals surface area contributed by atoms with Crippen LogP contribution in [0.4, 0.5) is 5.00 Å². The van der Waals surface area contributed by atoms with Gasteiger partial charge in [0.2, 0.25) is 5.78 Å². The molecule has 0 aliphatic heterocycles. The number of hydrogen-bond acceptors (Lipinski definition) is 3. The average Bonchev–Trinajstić information content (AvgIpc) is 2.49. The Hall–Kier alpha value is -0.680. The van der Waals surface area contributed by atoms with Crippen molar-refractivity contribution < 1.29 is 9.59 Å². The van der Waals surface area contributed by atoms with Crippen LogP contribution in [0.2, 0.25) is 0 Å². The molecule has 0 aliphatic rings. The van der Waals surface area contributed by atoms with E-state index in [-0.39, 0.29) is 0 Å². The van der Waals surface area contributed by atoms with Crippen molar-refractivity contribution in [2.75, 3.05) is 11.9 Å². The van der Waals surface area contributed by atoms with Gasteiger partial charge in [0.05, 0.1) is 5.00 Å². The zero-order chi connectivity index (χ0) is 10.0. The normalized spacial score (nSPS) is 9.77. The number of thiophene rings is 1. The molecule has 1 rings (SSSR count). The number of Topliss-reactive ketones (excluding diaryl/α,β-unsaturated/α-hetero) is 1. The summed E-state index contributed by atoms with van der Waals surface area (Å²) in [4.78, 5) is 23.3. The van der Waals surface area contributed by atoms with Crippen molar-refractivity contribution in [2.45, 2.75) is 6.92 Å². The third-order valence-corrected chi connectivity index (χ3v) is 3.26. The Bertz CT molecular complexity index is 348. The molecule has 0 bridgehead atoms. The largest absolute Gasteiger partial charge is 0.300 e. The molecule has 0 aliphatic carbocycles. The molecule has 0 fully saturated rings. The molecule has 1 aromatic heterocycles. The first-order chi connectivity index (χ1) is 6.02. The maximum atomic E-state index is 11.2.